The first-order valence-corrected chi connectivity index (χ1v) is 11.1. The Morgan fingerprint density at radius 2 is 2.00 bits per heavy atom. The molecular weight excluding hydrogens is 401 g/mol. The van der Waals surface area contributed by atoms with Crippen molar-refractivity contribution in [2.45, 2.75) is 38.5 Å². The zero-order chi connectivity index (χ0) is 22.0. The Balaban J connectivity index is 2.44. The van der Waals surface area contributed by atoms with E-state index < -0.39 is 46.0 Å². The van der Waals surface area contributed by atoms with E-state index in [4.69, 9.17) is 4.74 Å². The minimum atomic E-state index is -3.91. The van der Waals surface area contributed by atoms with Gasteiger partial charge in [-0.25, -0.2) is 12.8 Å². The lowest BCUT2D eigenvalue weighted by Crippen LogP contribution is -2.56. The maximum absolute atomic E-state index is 13.9. The Labute approximate surface area is 171 Å². The van der Waals surface area contributed by atoms with Crippen LogP contribution in [0.25, 0.3) is 0 Å². The van der Waals surface area contributed by atoms with Crippen molar-refractivity contribution in [2.24, 2.45) is 0 Å². The molecule has 0 fully saturated rings. The molecule has 2 N–H and O–H groups in total. The van der Waals surface area contributed by atoms with Crippen molar-refractivity contribution in [3.05, 3.63) is 29.6 Å². The Bertz CT molecular complexity index is 844. The number of sulfonamides is 1. The van der Waals surface area contributed by atoms with Crippen molar-refractivity contribution in [3.8, 4) is 5.75 Å². The fourth-order valence-electron chi connectivity index (χ4n) is 3.20. The molecule has 1 amide bonds. The van der Waals surface area contributed by atoms with Gasteiger partial charge >= 0.3 is 0 Å². The maximum atomic E-state index is 13.9. The number of hydrogen-bond donors (Lipinski definition) is 2. The van der Waals surface area contributed by atoms with Gasteiger partial charge in [-0.2, -0.15) is 4.31 Å². The summed E-state index contributed by atoms with van der Waals surface area (Å²) in [6, 6.07) is 2.59. The molecule has 164 valence electrons. The fraction of sp³-hybridized carbons (Fsp3) is 0.632. The third kappa shape index (κ3) is 5.44. The number of hydrogen-bond acceptors (Lipinski definition) is 6. The Hall–Kier alpha value is -1.75. The number of fused-ring (bicyclic) bond motifs is 1. The molecule has 1 aromatic rings. The highest BCUT2D eigenvalue weighted by molar-refractivity contribution is 7.89. The second kappa shape index (κ2) is 8.95. The molecule has 1 aliphatic rings. The average molecular weight is 432 g/mol. The molecule has 0 aromatic heterocycles. The molecule has 10 heteroatoms. The summed E-state index contributed by atoms with van der Waals surface area (Å²) in [6.45, 7) is 5.13. The van der Waals surface area contributed by atoms with E-state index in [1.807, 2.05) is 19.0 Å². The lowest BCUT2D eigenvalue weighted by atomic mass is 9.86. The average Bonchev–Trinajstić information content (AvgIpc) is 2.61. The molecule has 0 radical (unpaired) electrons. The molecule has 2 atom stereocenters. The molecular formula is C19H30FN3O5S. The van der Waals surface area contributed by atoms with E-state index in [0.717, 1.165) is 10.4 Å². The summed E-state index contributed by atoms with van der Waals surface area (Å²) in [4.78, 5) is 14.3. The predicted octanol–water partition coefficient (Wildman–Crippen LogP) is 0.728. The molecule has 2 rings (SSSR count). The van der Waals surface area contributed by atoms with Gasteiger partial charge < -0.3 is 20.1 Å². The van der Waals surface area contributed by atoms with Gasteiger partial charge in [-0.3, -0.25) is 4.79 Å². The number of nitrogens with zero attached hydrogens (tertiary/aromatic N) is 2. The minimum absolute atomic E-state index is 0.190. The molecule has 2 unspecified atom stereocenters. The Kier molecular flexibility index (Phi) is 7.26. The third-order valence-corrected chi connectivity index (χ3v) is 6.69. The van der Waals surface area contributed by atoms with Gasteiger partial charge in [0.25, 0.3) is 0 Å². The number of aliphatic hydroxyl groups excluding tert-OH is 1. The fourth-order valence-corrected chi connectivity index (χ4v) is 4.42. The van der Waals surface area contributed by atoms with Crippen LogP contribution in [0.4, 0.5) is 4.39 Å². The molecule has 29 heavy (non-hydrogen) atoms. The van der Waals surface area contributed by atoms with Crippen LogP contribution in [-0.4, -0.2) is 79.8 Å². The number of halogens is 1. The van der Waals surface area contributed by atoms with Gasteiger partial charge in [-0.15, -0.1) is 0 Å². The highest BCUT2D eigenvalue weighted by atomic mass is 32.2. The second-order valence-electron chi connectivity index (χ2n) is 7.88. The van der Waals surface area contributed by atoms with E-state index in [1.54, 1.807) is 13.8 Å². The van der Waals surface area contributed by atoms with Crippen molar-refractivity contribution in [1.29, 1.82) is 0 Å². The monoisotopic (exact) mass is 431 g/mol. The van der Waals surface area contributed by atoms with E-state index in [1.165, 1.54) is 19.1 Å². The molecule has 8 nitrogen and oxygen atoms in total. The van der Waals surface area contributed by atoms with E-state index in [0.29, 0.717) is 13.1 Å². The molecule has 0 aliphatic carbocycles. The van der Waals surface area contributed by atoms with Gasteiger partial charge in [0.15, 0.2) is 0 Å². The molecule has 0 saturated heterocycles. The van der Waals surface area contributed by atoms with Gasteiger partial charge in [0.05, 0.1) is 18.3 Å². The number of amides is 1. The van der Waals surface area contributed by atoms with Gasteiger partial charge in [-0.1, -0.05) is 0 Å². The number of carbonyl (C=O) groups is 1. The first kappa shape index (κ1) is 23.5. The summed E-state index contributed by atoms with van der Waals surface area (Å²) < 4.78 is 46.4. The van der Waals surface area contributed by atoms with Crippen LogP contribution in [0, 0.1) is 5.82 Å². The van der Waals surface area contributed by atoms with Crippen LogP contribution in [0.5, 0.6) is 5.75 Å². The number of aliphatic hydroxyl groups is 1. The van der Waals surface area contributed by atoms with Crippen molar-refractivity contribution in [1.82, 2.24) is 14.5 Å². The normalized spacial score (nSPS) is 21.0. The van der Waals surface area contributed by atoms with Gasteiger partial charge in [0, 0.05) is 18.7 Å². The number of likely N-dealkylation sites (N-methyl/N-ethyl adjacent to an activating group) is 1. The van der Waals surface area contributed by atoms with Gasteiger partial charge in [0.1, 0.15) is 23.3 Å². The standard InChI is InChI=1S/C19H30FN3O5S/c1-6-29(26,27)23(12-16(24)21-9-10-22(4)5)17-14-11-13(20)7-8-15(14)28-19(2,3)18(17)25/h7-8,11,17-18,25H,6,9-10,12H2,1-5H3,(H,21,24). The number of nitrogens with one attached hydrogen (secondary N) is 1. The first-order valence-electron chi connectivity index (χ1n) is 9.46. The SMILES string of the molecule is CCS(=O)(=O)N(CC(=O)NCCN(C)C)C1c2cc(F)ccc2OC(C)(C)C1O. The quantitative estimate of drug-likeness (QED) is 0.630. The molecule has 0 bridgehead atoms. The van der Waals surface area contributed by atoms with Crippen molar-refractivity contribution >= 4 is 15.9 Å². The number of rotatable bonds is 8. The van der Waals surface area contributed by atoms with Crippen molar-refractivity contribution in [2.75, 3.05) is 39.5 Å². The smallest absolute Gasteiger partial charge is 0.235 e. The zero-order valence-electron chi connectivity index (χ0n) is 17.5. The minimum Gasteiger partial charge on any atom is -0.485 e. The van der Waals surface area contributed by atoms with Crippen LogP contribution in [-0.2, 0) is 14.8 Å². The Morgan fingerprint density at radius 3 is 2.59 bits per heavy atom. The van der Waals surface area contributed by atoms with Crippen LogP contribution in [0.1, 0.15) is 32.4 Å². The summed E-state index contributed by atoms with van der Waals surface area (Å²) in [5.74, 6) is -1.09. The van der Waals surface area contributed by atoms with Crippen LogP contribution in [0.2, 0.25) is 0 Å². The van der Waals surface area contributed by atoms with Crippen LogP contribution in [0.15, 0.2) is 18.2 Å². The van der Waals surface area contributed by atoms with E-state index in [-0.39, 0.29) is 17.1 Å². The molecule has 1 aliphatic heterocycles. The third-order valence-electron chi connectivity index (χ3n) is 4.89. The predicted molar refractivity (Wildman–Crippen MR) is 108 cm³/mol. The van der Waals surface area contributed by atoms with E-state index >= 15 is 0 Å². The summed E-state index contributed by atoms with van der Waals surface area (Å²) in [5, 5.41) is 13.6. The lowest BCUT2D eigenvalue weighted by molar-refractivity contribution is -0.123. The Morgan fingerprint density at radius 1 is 1.34 bits per heavy atom. The van der Waals surface area contributed by atoms with Crippen LogP contribution < -0.4 is 10.1 Å². The molecule has 0 spiro atoms. The topological polar surface area (TPSA) is 99.2 Å². The van der Waals surface area contributed by atoms with E-state index in [2.05, 4.69) is 5.32 Å². The molecule has 1 aromatic carbocycles. The molecule has 0 saturated carbocycles. The number of benzene rings is 1. The van der Waals surface area contributed by atoms with E-state index in [9.17, 15) is 22.7 Å². The van der Waals surface area contributed by atoms with Gasteiger partial charge in [0.2, 0.25) is 15.9 Å². The largest absolute Gasteiger partial charge is 0.485 e. The lowest BCUT2D eigenvalue weighted by Gasteiger charge is -2.45. The second-order valence-corrected chi connectivity index (χ2v) is 10.1. The first-order chi connectivity index (χ1) is 13.4. The summed E-state index contributed by atoms with van der Waals surface area (Å²) in [5.41, 5.74) is -0.951. The summed E-state index contributed by atoms with van der Waals surface area (Å²) >= 11 is 0. The highest BCUT2D eigenvalue weighted by Gasteiger charge is 2.48. The number of ether oxygens (including phenoxy) is 1. The highest BCUT2D eigenvalue weighted by Crippen LogP contribution is 2.44. The zero-order valence-corrected chi connectivity index (χ0v) is 18.3. The van der Waals surface area contributed by atoms with Crippen molar-refractivity contribution < 1.29 is 27.4 Å². The van der Waals surface area contributed by atoms with Crippen LogP contribution >= 0.6 is 0 Å². The molecule has 1 heterocycles. The van der Waals surface area contributed by atoms with Crippen molar-refractivity contribution in [3.63, 3.8) is 0 Å². The maximum Gasteiger partial charge on any atom is 0.235 e. The number of carbonyl (C=O) groups excluding carboxylic acids is 1. The van der Waals surface area contributed by atoms with Gasteiger partial charge in [-0.05, 0) is 53.1 Å². The van der Waals surface area contributed by atoms with Crippen LogP contribution in [0.3, 0.4) is 0 Å². The summed E-state index contributed by atoms with van der Waals surface area (Å²) in [6.07, 6.45) is -1.31. The summed E-state index contributed by atoms with van der Waals surface area (Å²) in [7, 11) is -0.205.